The van der Waals surface area contributed by atoms with Crippen molar-refractivity contribution in [1.29, 1.82) is 0 Å². The molecule has 0 spiro atoms. The first-order valence-electron chi connectivity index (χ1n) is 14.5. The lowest BCUT2D eigenvalue weighted by atomic mass is 10.0. The lowest BCUT2D eigenvalue weighted by Crippen LogP contribution is -2.21. The Labute approximate surface area is 249 Å². The van der Waals surface area contributed by atoms with Crippen LogP contribution >= 0.6 is 7.14 Å². The molecule has 0 saturated heterocycles. The zero-order valence-electron chi connectivity index (χ0n) is 23.2. The van der Waals surface area contributed by atoms with Gasteiger partial charge in [0.05, 0.1) is 16.6 Å². The van der Waals surface area contributed by atoms with Crippen molar-refractivity contribution in [3.05, 3.63) is 152 Å². The summed E-state index contributed by atoms with van der Waals surface area (Å²) in [4.78, 5) is 4.54. The van der Waals surface area contributed by atoms with Gasteiger partial charge >= 0.3 is 0 Å². The van der Waals surface area contributed by atoms with Crippen molar-refractivity contribution in [1.82, 2.24) is 9.55 Å². The molecule has 0 fully saturated rings. The van der Waals surface area contributed by atoms with Gasteiger partial charge in [-0.15, -0.1) is 0 Å². The Morgan fingerprint density at radius 3 is 2.23 bits per heavy atom. The summed E-state index contributed by atoms with van der Waals surface area (Å²) < 4.78 is 17.9. The van der Waals surface area contributed by atoms with E-state index in [0.29, 0.717) is 0 Å². The number of hydrogen-bond acceptors (Lipinski definition) is 2. The number of rotatable bonds is 3. The molecule has 0 N–H and O–H groups in total. The highest BCUT2D eigenvalue weighted by Crippen LogP contribution is 2.55. The van der Waals surface area contributed by atoms with Gasteiger partial charge in [0.25, 0.3) is 0 Å². The van der Waals surface area contributed by atoms with Crippen LogP contribution in [0.3, 0.4) is 0 Å². The first-order valence-corrected chi connectivity index (χ1v) is 16.2. The Balaban J connectivity index is 1.29. The summed E-state index contributed by atoms with van der Waals surface area (Å²) in [6.07, 6.45) is 1.84. The highest BCUT2D eigenvalue weighted by Gasteiger charge is 2.42. The van der Waals surface area contributed by atoms with E-state index in [1.165, 1.54) is 0 Å². The van der Waals surface area contributed by atoms with Gasteiger partial charge in [0.15, 0.2) is 7.14 Å². The normalized spacial score (nSPS) is 15.6. The van der Waals surface area contributed by atoms with Crippen LogP contribution in [0.25, 0.3) is 60.6 Å². The lowest BCUT2D eigenvalue weighted by molar-refractivity contribution is 0.593. The van der Waals surface area contributed by atoms with Crippen LogP contribution in [-0.4, -0.2) is 9.55 Å². The van der Waals surface area contributed by atoms with Crippen molar-refractivity contribution in [2.75, 3.05) is 0 Å². The van der Waals surface area contributed by atoms with Gasteiger partial charge in [0, 0.05) is 44.0 Å². The predicted molar refractivity (Wildman–Crippen MR) is 180 cm³/mol. The third-order valence-electron chi connectivity index (χ3n) is 8.84. The second-order valence-electron chi connectivity index (χ2n) is 11.1. The molecule has 43 heavy (non-hydrogen) atoms. The van der Waals surface area contributed by atoms with Gasteiger partial charge in [-0.3, -0.25) is 4.98 Å². The smallest absolute Gasteiger partial charge is 0.172 e. The average molecular weight is 569 g/mol. The average Bonchev–Trinajstić information content (AvgIpc) is 3.55. The van der Waals surface area contributed by atoms with Crippen molar-refractivity contribution >= 4 is 55.8 Å². The SMILES string of the molecule is O=P1(c2ccccc2)c2ccccc2-c2ccc3c(c21)c1ccccc1n3-c1ccc(-c2ccc3cccnc3c2)cc1. The number of hydrogen-bond donors (Lipinski definition) is 0. The van der Waals surface area contributed by atoms with Gasteiger partial charge in [-0.25, -0.2) is 0 Å². The van der Waals surface area contributed by atoms with Crippen LogP contribution < -0.4 is 15.9 Å². The number of fused-ring (bicyclic) bond motifs is 8. The summed E-state index contributed by atoms with van der Waals surface area (Å²) in [5, 5.41) is 6.07. The molecule has 0 radical (unpaired) electrons. The van der Waals surface area contributed by atoms with Crippen molar-refractivity contribution in [3.63, 3.8) is 0 Å². The van der Waals surface area contributed by atoms with E-state index < -0.39 is 7.14 Å². The maximum absolute atomic E-state index is 15.5. The zero-order valence-corrected chi connectivity index (χ0v) is 24.1. The fraction of sp³-hybridized carbons (Fsp3) is 0. The van der Waals surface area contributed by atoms with Crippen LogP contribution in [0.5, 0.6) is 0 Å². The van der Waals surface area contributed by atoms with Crippen LogP contribution in [0, 0.1) is 0 Å². The minimum absolute atomic E-state index is 0.875. The second kappa shape index (κ2) is 9.13. The number of nitrogens with zero attached hydrogens (tertiary/aromatic N) is 2. The van der Waals surface area contributed by atoms with Gasteiger partial charge < -0.3 is 9.13 Å². The van der Waals surface area contributed by atoms with E-state index in [1.54, 1.807) is 0 Å². The molecule has 2 aromatic heterocycles. The van der Waals surface area contributed by atoms with Crippen LogP contribution in [0.15, 0.2) is 152 Å². The number of aromatic nitrogens is 2. The van der Waals surface area contributed by atoms with Crippen LogP contribution in [0.4, 0.5) is 0 Å². The largest absolute Gasteiger partial charge is 0.309 e. The molecule has 1 atom stereocenters. The van der Waals surface area contributed by atoms with Crippen LogP contribution in [0.1, 0.15) is 0 Å². The van der Waals surface area contributed by atoms with E-state index in [1.807, 2.05) is 54.7 Å². The first-order chi connectivity index (χ1) is 21.2. The van der Waals surface area contributed by atoms with Crippen molar-refractivity contribution in [3.8, 4) is 27.9 Å². The third-order valence-corrected chi connectivity index (χ3v) is 12.0. The highest BCUT2D eigenvalue weighted by molar-refractivity contribution is 7.86. The van der Waals surface area contributed by atoms with Gasteiger partial charge in [0.1, 0.15) is 0 Å². The van der Waals surface area contributed by atoms with E-state index in [-0.39, 0.29) is 0 Å². The Bertz CT molecular complexity index is 2420. The molecule has 3 heterocycles. The van der Waals surface area contributed by atoms with E-state index in [4.69, 9.17) is 0 Å². The van der Waals surface area contributed by atoms with Gasteiger partial charge in [-0.05, 0) is 58.7 Å². The third kappa shape index (κ3) is 3.43. The molecule has 0 saturated carbocycles. The molecular weight excluding hydrogens is 543 g/mol. The van der Waals surface area contributed by atoms with Crippen LogP contribution in [-0.2, 0) is 4.57 Å². The summed E-state index contributed by atoms with van der Waals surface area (Å²) in [5.41, 5.74) is 8.64. The molecule has 3 nitrogen and oxygen atoms in total. The Kier molecular flexibility index (Phi) is 5.17. The van der Waals surface area contributed by atoms with E-state index in [2.05, 4.69) is 107 Å². The summed E-state index contributed by atoms with van der Waals surface area (Å²) in [5.74, 6) is 0. The topological polar surface area (TPSA) is 34.9 Å². The quantitative estimate of drug-likeness (QED) is 0.200. The van der Waals surface area contributed by atoms with E-state index >= 15 is 4.57 Å². The highest BCUT2D eigenvalue weighted by atomic mass is 31.2. The lowest BCUT2D eigenvalue weighted by Gasteiger charge is -2.17. The number of para-hydroxylation sites is 1. The standard InChI is InChI=1S/C39H25N2OP/c42-43(30-10-2-1-3-11-30)37-15-7-5-12-31(37)32-22-23-36-38(39(32)43)33-13-4-6-14-35(33)41(36)29-20-18-26(19-21-29)28-17-16-27-9-8-24-40-34(27)25-28/h1-25H. The summed E-state index contributed by atoms with van der Waals surface area (Å²) in [6, 6.07) is 50.3. The van der Waals surface area contributed by atoms with E-state index in [0.717, 1.165) is 76.6 Å². The fourth-order valence-electron chi connectivity index (χ4n) is 6.92. The molecule has 6 aromatic carbocycles. The molecular formula is C39H25N2OP. The summed E-state index contributed by atoms with van der Waals surface area (Å²) in [6.45, 7) is 0. The predicted octanol–water partition coefficient (Wildman–Crippen LogP) is 8.62. The van der Waals surface area contributed by atoms with Gasteiger partial charge in [-0.2, -0.15) is 0 Å². The van der Waals surface area contributed by atoms with Crippen LogP contribution in [0.2, 0.25) is 0 Å². The molecule has 202 valence electrons. The van der Waals surface area contributed by atoms with Crippen molar-refractivity contribution in [2.45, 2.75) is 0 Å². The molecule has 1 aliphatic heterocycles. The molecule has 0 aliphatic carbocycles. The Morgan fingerprint density at radius 2 is 1.35 bits per heavy atom. The Morgan fingerprint density at radius 1 is 0.581 bits per heavy atom. The second-order valence-corrected chi connectivity index (χ2v) is 13.8. The summed E-state index contributed by atoms with van der Waals surface area (Å²) >= 11 is 0. The van der Waals surface area contributed by atoms with Crippen molar-refractivity contribution < 1.29 is 4.57 Å². The number of pyridine rings is 1. The molecule has 1 unspecified atom stereocenters. The Hall–Kier alpha value is -5.24. The zero-order chi connectivity index (χ0) is 28.5. The molecule has 1 aliphatic rings. The van der Waals surface area contributed by atoms with Gasteiger partial charge in [-0.1, -0.05) is 109 Å². The van der Waals surface area contributed by atoms with Gasteiger partial charge in [0.2, 0.25) is 0 Å². The monoisotopic (exact) mass is 568 g/mol. The molecule has 9 rings (SSSR count). The minimum atomic E-state index is -3.12. The molecule has 8 aromatic rings. The maximum Gasteiger partial charge on any atom is 0.172 e. The fourth-order valence-corrected chi connectivity index (χ4v) is 10.2. The summed E-state index contributed by atoms with van der Waals surface area (Å²) in [7, 11) is -3.12. The number of benzene rings is 6. The molecule has 0 bridgehead atoms. The van der Waals surface area contributed by atoms with Crippen molar-refractivity contribution in [2.24, 2.45) is 0 Å². The molecule has 0 amide bonds. The maximum atomic E-state index is 15.5. The van der Waals surface area contributed by atoms with E-state index in [9.17, 15) is 0 Å². The minimum Gasteiger partial charge on any atom is -0.309 e. The molecule has 4 heteroatoms. The first kappa shape index (κ1) is 24.4.